The van der Waals surface area contributed by atoms with Crippen molar-refractivity contribution in [3.63, 3.8) is 0 Å². The number of carboxylic acid groups (broad SMARTS) is 1. The van der Waals surface area contributed by atoms with E-state index in [1.165, 1.54) is 0 Å². The molecule has 1 saturated heterocycles. The van der Waals surface area contributed by atoms with Gasteiger partial charge in [-0.15, -0.1) is 0 Å². The Hall–Kier alpha value is -1.70. The van der Waals surface area contributed by atoms with Gasteiger partial charge in [-0.1, -0.05) is 5.16 Å². The molecule has 2 rings (SSSR count). The first-order chi connectivity index (χ1) is 9.99. The third-order valence-corrected chi connectivity index (χ3v) is 4.59. The lowest BCUT2D eigenvalue weighted by molar-refractivity contribution is -0.138. The molecular weight excluding hydrogens is 294 g/mol. The normalized spacial score (nSPS) is 18.6. The molecule has 1 aromatic rings. The van der Waals surface area contributed by atoms with Crippen LogP contribution in [0.3, 0.4) is 0 Å². The molecule has 1 unspecified atom stereocenters. The van der Waals surface area contributed by atoms with Gasteiger partial charge in [0.25, 0.3) is 0 Å². The quantitative estimate of drug-likeness (QED) is 0.872. The number of thioether (sulfide) groups is 1. The third kappa shape index (κ3) is 3.90. The molecule has 0 aromatic carbocycles. The lowest BCUT2D eigenvalue weighted by Crippen LogP contribution is -2.51. The van der Waals surface area contributed by atoms with Crippen LogP contribution in [0.4, 0.5) is 4.79 Å². The van der Waals surface area contributed by atoms with E-state index in [4.69, 9.17) is 9.63 Å². The van der Waals surface area contributed by atoms with Gasteiger partial charge in [0.2, 0.25) is 0 Å². The first-order valence-corrected chi connectivity index (χ1v) is 7.90. The van der Waals surface area contributed by atoms with E-state index >= 15 is 0 Å². The minimum absolute atomic E-state index is 0.0221. The highest BCUT2D eigenvalue weighted by atomic mass is 32.2. The molecule has 0 saturated carbocycles. The summed E-state index contributed by atoms with van der Waals surface area (Å²) in [5.41, 5.74) is 1.62. The van der Waals surface area contributed by atoms with Gasteiger partial charge in [0, 0.05) is 30.2 Å². The average Bonchev–Trinajstić information content (AvgIpc) is 2.75. The molecule has 8 heteroatoms. The van der Waals surface area contributed by atoms with Crippen molar-refractivity contribution < 1.29 is 19.2 Å². The number of nitrogens with zero attached hydrogens (tertiary/aromatic N) is 2. The standard InChI is InChI=1S/C13H19N3O4S/c1-8-11(9(2)20-15-8)6-14-13(19)16-3-4-21-7-10(16)5-12(17)18/h10H,3-7H2,1-2H3,(H,14,19)(H,17,18). The molecule has 1 aromatic heterocycles. The van der Waals surface area contributed by atoms with Crippen molar-refractivity contribution in [3.8, 4) is 0 Å². The summed E-state index contributed by atoms with van der Waals surface area (Å²) in [6.45, 7) is 4.52. The monoisotopic (exact) mass is 313 g/mol. The Kier molecular flexibility index (Phi) is 5.11. The molecule has 7 nitrogen and oxygen atoms in total. The zero-order valence-corrected chi connectivity index (χ0v) is 12.9. The number of carbonyl (C=O) groups is 2. The largest absolute Gasteiger partial charge is 0.481 e. The summed E-state index contributed by atoms with van der Waals surface area (Å²) in [7, 11) is 0. The molecule has 0 bridgehead atoms. The van der Waals surface area contributed by atoms with Gasteiger partial charge in [-0.05, 0) is 13.8 Å². The Bertz CT molecular complexity index is 512. The van der Waals surface area contributed by atoms with Crippen LogP contribution in [0.2, 0.25) is 0 Å². The van der Waals surface area contributed by atoms with Crippen LogP contribution in [-0.4, -0.2) is 51.3 Å². The summed E-state index contributed by atoms with van der Waals surface area (Å²) in [4.78, 5) is 24.8. The minimum Gasteiger partial charge on any atom is -0.481 e. The lowest BCUT2D eigenvalue weighted by atomic mass is 10.2. The van der Waals surface area contributed by atoms with Crippen molar-refractivity contribution in [1.29, 1.82) is 0 Å². The zero-order chi connectivity index (χ0) is 15.4. The van der Waals surface area contributed by atoms with Gasteiger partial charge in [0.15, 0.2) is 0 Å². The lowest BCUT2D eigenvalue weighted by Gasteiger charge is -2.34. The molecule has 0 aliphatic carbocycles. The predicted octanol–water partition coefficient (Wildman–Crippen LogP) is 1.39. The summed E-state index contributed by atoms with van der Waals surface area (Å²) in [5, 5.41) is 15.6. The van der Waals surface area contributed by atoms with E-state index in [2.05, 4.69) is 10.5 Å². The van der Waals surface area contributed by atoms with Crippen molar-refractivity contribution in [1.82, 2.24) is 15.4 Å². The second kappa shape index (κ2) is 6.84. The first kappa shape index (κ1) is 15.7. The number of rotatable bonds is 4. The Labute approximate surface area is 127 Å². The van der Waals surface area contributed by atoms with Crippen LogP contribution in [0.15, 0.2) is 4.52 Å². The van der Waals surface area contributed by atoms with Crippen molar-refractivity contribution in [2.24, 2.45) is 0 Å². The Morgan fingerprint density at radius 1 is 1.52 bits per heavy atom. The number of aliphatic carboxylic acids is 1. The van der Waals surface area contributed by atoms with E-state index in [0.717, 1.165) is 17.0 Å². The molecule has 1 fully saturated rings. The van der Waals surface area contributed by atoms with E-state index in [0.29, 0.717) is 24.6 Å². The summed E-state index contributed by atoms with van der Waals surface area (Å²) in [5.74, 6) is 1.29. The Balaban J connectivity index is 1.96. The number of amides is 2. The van der Waals surface area contributed by atoms with Crippen LogP contribution in [0.1, 0.15) is 23.4 Å². The van der Waals surface area contributed by atoms with Crippen LogP contribution in [-0.2, 0) is 11.3 Å². The summed E-state index contributed by atoms with van der Waals surface area (Å²) < 4.78 is 5.05. The molecule has 1 aliphatic rings. The molecule has 0 spiro atoms. The van der Waals surface area contributed by atoms with Gasteiger partial charge >= 0.3 is 12.0 Å². The molecule has 1 aliphatic heterocycles. The van der Waals surface area contributed by atoms with Crippen LogP contribution in [0, 0.1) is 13.8 Å². The number of carboxylic acids is 1. The number of aromatic nitrogens is 1. The molecule has 1 atom stereocenters. The molecular formula is C13H19N3O4S. The molecule has 0 radical (unpaired) electrons. The third-order valence-electron chi connectivity index (χ3n) is 3.50. The number of hydrogen-bond donors (Lipinski definition) is 2. The summed E-state index contributed by atoms with van der Waals surface area (Å²) >= 11 is 1.68. The highest BCUT2D eigenvalue weighted by Crippen LogP contribution is 2.19. The van der Waals surface area contributed by atoms with Crippen LogP contribution in [0.5, 0.6) is 0 Å². The number of carbonyl (C=O) groups excluding carboxylic acids is 1. The highest BCUT2D eigenvalue weighted by Gasteiger charge is 2.28. The van der Waals surface area contributed by atoms with Crippen molar-refractivity contribution in [3.05, 3.63) is 17.0 Å². The number of hydrogen-bond acceptors (Lipinski definition) is 5. The van der Waals surface area contributed by atoms with Gasteiger partial charge in [0.05, 0.1) is 18.2 Å². The van der Waals surface area contributed by atoms with Crippen molar-refractivity contribution >= 4 is 23.8 Å². The molecule has 21 heavy (non-hydrogen) atoms. The van der Waals surface area contributed by atoms with Crippen LogP contribution >= 0.6 is 11.8 Å². The van der Waals surface area contributed by atoms with Gasteiger partial charge in [-0.2, -0.15) is 11.8 Å². The van der Waals surface area contributed by atoms with Crippen molar-refractivity contribution in [2.45, 2.75) is 32.9 Å². The Morgan fingerprint density at radius 2 is 2.29 bits per heavy atom. The van der Waals surface area contributed by atoms with E-state index in [9.17, 15) is 9.59 Å². The highest BCUT2D eigenvalue weighted by molar-refractivity contribution is 7.99. The number of aryl methyl sites for hydroxylation is 2. The maximum Gasteiger partial charge on any atom is 0.317 e. The zero-order valence-electron chi connectivity index (χ0n) is 12.1. The second-order valence-corrected chi connectivity index (χ2v) is 6.13. The van der Waals surface area contributed by atoms with E-state index in [1.807, 2.05) is 6.92 Å². The maximum absolute atomic E-state index is 12.3. The SMILES string of the molecule is Cc1noc(C)c1CNC(=O)N1CCSCC1CC(=O)O. The topological polar surface area (TPSA) is 95.7 Å². The number of urea groups is 1. The van der Waals surface area contributed by atoms with Crippen LogP contribution in [0.25, 0.3) is 0 Å². The van der Waals surface area contributed by atoms with E-state index in [-0.39, 0.29) is 18.5 Å². The fourth-order valence-electron chi connectivity index (χ4n) is 2.31. The first-order valence-electron chi connectivity index (χ1n) is 6.74. The van der Waals surface area contributed by atoms with E-state index in [1.54, 1.807) is 23.6 Å². The summed E-state index contributed by atoms with van der Waals surface area (Å²) in [6, 6.07) is -0.493. The predicted molar refractivity (Wildman–Crippen MR) is 78.3 cm³/mol. The molecule has 2 amide bonds. The smallest absolute Gasteiger partial charge is 0.317 e. The van der Waals surface area contributed by atoms with Gasteiger partial charge in [-0.3, -0.25) is 4.79 Å². The van der Waals surface area contributed by atoms with Crippen molar-refractivity contribution in [2.75, 3.05) is 18.1 Å². The second-order valence-electron chi connectivity index (χ2n) is 4.98. The maximum atomic E-state index is 12.3. The van der Waals surface area contributed by atoms with Gasteiger partial charge in [-0.25, -0.2) is 4.79 Å². The Morgan fingerprint density at radius 3 is 2.90 bits per heavy atom. The van der Waals surface area contributed by atoms with Gasteiger partial charge < -0.3 is 19.8 Å². The average molecular weight is 313 g/mol. The fraction of sp³-hybridized carbons (Fsp3) is 0.615. The molecule has 2 N–H and O–H groups in total. The molecule has 2 heterocycles. The summed E-state index contributed by atoms with van der Waals surface area (Å²) in [6.07, 6.45) is -0.0221. The van der Waals surface area contributed by atoms with Gasteiger partial charge in [0.1, 0.15) is 5.76 Å². The minimum atomic E-state index is -0.883. The number of nitrogens with one attached hydrogen (secondary N) is 1. The molecule has 116 valence electrons. The fourth-order valence-corrected chi connectivity index (χ4v) is 3.38. The van der Waals surface area contributed by atoms with E-state index < -0.39 is 5.97 Å². The van der Waals surface area contributed by atoms with Crippen LogP contribution < -0.4 is 5.32 Å².